The number of rotatable bonds is 3. The van der Waals surface area contributed by atoms with E-state index in [0.717, 1.165) is 31.4 Å². The smallest absolute Gasteiger partial charge is 0.224 e. The van der Waals surface area contributed by atoms with Crippen LogP contribution in [0.4, 0.5) is 5.69 Å². The Morgan fingerprint density at radius 3 is 2.47 bits per heavy atom. The van der Waals surface area contributed by atoms with Gasteiger partial charge in [-0.1, -0.05) is 0 Å². The normalized spacial score (nSPS) is 22.5. The lowest BCUT2D eigenvalue weighted by Gasteiger charge is -2.24. The van der Waals surface area contributed by atoms with Crippen LogP contribution in [0, 0.1) is 17.2 Å². The lowest BCUT2D eigenvalue weighted by molar-refractivity contribution is -0.117. The van der Waals surface area contributed by atoms with E-state index in [1.54, 1.807) is 24.3 Å². The highest BCUT2D eigenvalue weighted by Crippen LogP contribution is 2.27. The lowest BCUT2D eigenvalue weighted by atomic mass is 9.85. The molecule has 4 heteroatoms. The largest absolute Gasteiger partial charge is 0.393 e. The van der Waals surface area contributed by atoms with Crippen molar-refractivity contribution in [3.63, 3.8) is 0 Å². The number of anilines is 1. The molecule has 1 fully saturated rings. The predicted molar refractivity (Wildman–Crippen MR) is 72.4 cm³/mol. The molecule has 0 radical (unpaired) electrons. The number of amides is 1. The van der Waals surface area contributed by atoms with Gasteiger partial charge in [-0.15, -0.1) is 0 Å². The molecule has 0 unspecified atom stereocenters. The molecule has 2 N–H and O–H groups in total. The highest BCUT2D eigenvalue weighted by atomic mass is 16.3. The van der Waals surface area contributed by atoms with Gasteiger partial charge in [-0.2, -0.15) is 5.26 Å². The van der Waals surface area contributed by atoms with E-state index in [0.29, 0.717) is 17.9 Å². The van der Waals surface area contributed by atoms with Gasteiger partial charge in [0.25, 0.3) is 0 Å². The van der Waals surface area contributed by atoms with Crippen molar-refractivity contribution < 1.29 is 9.90 Å². The van der Waals surface area contributed by atoms with Gasteiger partial charge in [0.1, 0.15) is 0 Å². The zero-order valence-corrected chi connectivity index (χ0v) is 10.8. The second kappa shape index (κ2) is 6.35. The van der Waals surface area contributed by atoms with Crippen LogP contribution in [0.5, 0.6) is 0 Å². The van der Waals surface area contributed by atoms with Crippen LogP contribution in [0.15, 0.2) is 24.3 Å². The van der Waals surface area contributed by atoms with Crippen LogP contribution in [0.3, 0.4) is 0 Å². The van der Waals surface area contributed by atoms with Crippen LogP contribution in [0.2, 0.25) is 0 Å². The molecule has 0 aromatic heterocycles. The summed E-state index contributed by atoms with van der Waals surface area (Å²) < 4.78 is 0. The molecule has 0 atom stereocenters. The average Bonchev–Trinajstić information content (AvgIpc) is 2.42. The topological polar surface area (TPSA) is 73.1 Å². The van der Waals surface area contributed by atoms with E-state index in [1.807, 2.05) is 6.07 Å². The first-order valence-corrected chi connectivity index (χ1v) is 6.65. The zero-order valence-electron chi connectivity index (χ0n) is 10.8. The molecule has 1 aliphatic carbocycles. The number of nitriles is 1. The minimum absolute atomic E-state index is 0.00565. The molecule has 0 bridgehead atoms. The Bertz CT molecular complexity index is 468. The summed E-state index contributed by atoms with van der Waals surface area (Å²) in [5.74, 6) is 0.382. The Morgan fingerprint density at radius 2 is 1.89 bits per heavy atom. The fraction of sp³-hybridized carbons (Fsp3) is 0.467. The maximum absolute atomic E-state index is 11.9. The number of aliphatic hydroxyl groups is 1. The number of nitrogens with one attached hydrogen (secondary N) is 1. The number of carbonyl (C=O) groups is 1. The van der Waals surface area contributed by atoms with Crippen molar-refractivity contribution in [2.75, 3.05) is 5.32 Å². The lowest BCUT2D eigenvalue weighted by Crippen LogP contribution is -2.23. The van der Waals surface area contributed by atoms with E-state index in [2.05, 4.69) is 5.32 Å². The average molecular weight is 258 g/mol. The SMILES string of the molecule is N#Cc1ccc(NC(=O)CC2CCC(O)CC2)cc1. The van der Waals surface area contributed by atoms with Gasteiger partial charge >= 0.3 is 0 Å². The summed E-state index contributed by atoms with van der Waals surface area (Å²) in [7, 11) is 0. The van der Waals surface area contributed by atoms with Gasteiger partial charge in [0.15, 0.2) is 0 Å². The van der Waals surface area contributed by atoms with E-state index in [-0.39, 0.29) is 12.0 Å². The summed E-state index contributed by atoms with van der Waals surface area (Å²) in [6.07, 6.45) is 3.76. The fourth-order valence-electron chi connectivity index (χ4n) is 2.45. The van der Waals surface area contributed by atoms with Gasteiger partial charge in [-0.05, 0) is 55.9 Å². The van der Waals surface area contributed by atoms with Gasteiger partial charge in [0.05, 0.1) is 17.7 Å². The summed E-state index contributed by atoms with van der Waals surface area (Å²) >= 11 is 0. The van der Waals surface area contributed by atoms with Crippen LogP contribution in [0.25, 0.3) is 0 Å². The number of hydrogen-bond acceptors (Lipinski definition) is 3. The fourth-order valence-corrected chi connectivity index (χ4v) is 2.45. The van der Waals surface area contributed by atoms with Crippen molar-refractivity contribution in [2.24, 2.45) is 5.92 Å². The number of hydrogen-bond donors (Lipinski definition) is 2. The van der Waals surface area contributed by atoms with E-state index in [9.17, 15) is 9.90 Å². The van der Waals surface area contributed by atoms with E-state index >= 15 is 0 Å². The molecule has 0 spiro atoms. The Balaban J connectivity index is 1.82. The van der Waals surface area contributed by atoms with Crippen molar-refractivity contribution in [1.29, 1.82) is 5.26 Å². The summed E-state index contributed by atoms with van der Waals surface area (Å²) in [5.41, 5.74) is 1.30. The van der Waals surface area contributed by atoms with Crippen molar-refractivity contribution in [3.05, 3.63) is 29.8 Å². The maximum Gasteiger partial charge on any atom is 0.224 e. The summed E-state index contributed by atoms with van der Waals surface area (Å²) in [4.78, 5) is 11.9. The number of carbonyl (C=O) groups excluding carboxylic acids is 1. The molecule has 1 aliphatic rings. The van der Waals surface area contributed by atoms with Gasteiger partial charge < -0.3 is 10.4 Å². The highest BCUT2D eigenvalue weighted by Gasteiger charge is 2.21. The Morgan fingerprint density at radius 1 is 1.26 bits per heavy atom. The van der Waals surface area contributed by atoms with Crippen molar-refractivity contribution in [3.8, 4) is 6.07 Å². The summed E-state index contributed by atoms with van der Waals surface area (Å²) in [6, 6.07) is 8.89. The van der Waals surface area contributed by atoms with Crippen LogP contribution in [-0.2, 0) is 4.79 Å². The van der Waals surface area contributed by atoms with E-state index in [4.69, 9.17) is 5.26 Å². The molecule has 0 saturated heterocycles. The van der Waals surface area contributed by atoms with E-state index < -0.39 is 0 Å². The quantitative estimate of drug-likeness (QED) is 0.874. The molecule has 0 aliphatic heterocycles. The molecule has 1 aromatic carbocycles. The Kier molecular flexibility index (Phi) is 4.53. The molecule has 4 nitrogen and oxygen atoms in total. The molecular formula is C15H18N2O2. The Labute approximate surface area is 113 Å². The zero-order chi connectivity index (χ0) is 13.7. The molecule has 1 saturated carbocycles. The van der Waals surface area contributed by atoms with Crippen molar-refractivity contribution in [1.82, 2.24) is 0 Å². The third kappa shape index (κ3) is 4.08. The summed E-state index contributed by atoms with van der Waals surface area (Å²) in [6.45, 7) is 0. The van der Waals surface area contributed by atoms with Crippen LogP contribution >= 0.6 is 0 Å². The molecule has 1 amide bonds. The first kappa shape index (κ1) is 13.6. The minimum Gasteiger partial charge on any atom is -0.393 e. The molecule has 2 rings (SSSR count). The van der Waals surface area contributed by atoms with Crippen LogP contribution in [0.1, 0.15) is 37.7 Å². The highest BCUT2D eigenvalue weighted by molar-refractivity contribution is 5.90. The standard InChI is InChI=1S/C15H18N2O2/c16-10-12-1-5-13(6-2-12)17-15(19)9-11-3-7-14(18)8-4-11/h1-2,5-6,11,14,18H,3-4,7-9H2,(H,17,19). The third-order valence-corrected chi connectivity index (χ3v) is 3.59. The first-order chi connectivity index (χ1) is 9.17. The molecule has 100 valence electrons. The first-order valence-electron chi connectivity index (χ1n) is 6.65. The molecule has 1 aromatic rings. The monoisotopic (exact) mass is 258 g/mol. The van der Waals surface area contributed by atoms with Crippen LogP contribution in [-0.4, -0.2) is 17.1 Å². The Hall–Kier alpha value is -1.86. The van der Waals surface area contributed by atoms with Gasteiger partial charge in [-0.3, -0.25) is 4.79 Å². The van der Waals surface area contributed by atoms with Gasteiger partial charge in [0, 0.05) is 12.1 Å². The van der Waals surface area contributed by atoms with E-state index in [1.165, 1.54) is 0 Å². The molecule has 0 heterocycles. The number of aliphatic hydroxyl groups excluding tert-OH is 1. The third-order valence-electron chi connectivity index (χ3n) is 3.59. The second-order valence-corrected chi connectivity index (χ2v) is 5.12. The van der Waals surface area contributed by atoms with Gasteiger partial charge in [0.2, 0.25) is 5.91 Å². The summed E-state index contributed by atoms with van der Waals surface area (Å²) in [5, 5.41) is 20.9. The maximum atomic E-state index is 11.9. The molecular weight excluding hydrogens is 240 g/mol. The van der Waals surface area contributed by atoms with Crippen molar-refractivity contribution in [2.45, 2.75) is 38.2 Å². The predicted octanol–water partition coefficient (Wildman–Crippen LogP) is 2.44. The minimum atomic E-state index is -0.183. The van der Waals surface area contributed by atoms with Gasteiger partial charge in [-0.25, -0.2) is 0 Å². The molecule has 19 heavy (non-hydrogen) atoms. The van der Waals surface area contributed by atoms with Crippen LogP contribution < -0.4 is 5.32 Å². The second-order valence-electron chi connectivity index (χ2n) is 5.12. The van der Waals surface area contributed by atoms with Crippen molar-refractivity contribution >= 4 is 11.6 Å². The number of nitrogens with zero attached hydrogens (tertiary/aromatic N) is 1. The number of benzene rings is 1.